The summed E-state index contributed by atoms with van der Waals surface area (Å²) in [6.07, 6.45) is 0.650. The third-order valence-electron chi connectivity index (χ3n) is 2.96. The number of H-pyrrole nitrogens is 1. The van der Waals surface area contributed by atoms with Gasteiger partial charge >= 0.3 is 0 Å². The van der Waals surface area contributed by atoms with Crippen molar-refractivity contribution in [1.29, 1.82) is 0 Å². The van der Waals surface area contributed by atoms with Crippen molar-refractivity contribution < 1.29 is 4.74 Å². The molecule has 1 aliphatic rings. The highest BCUT2D eigenvalue weighted by molar-refractivity contribution is 5.44. The van der Waals surface area contributed by atoms with Gasteiger partial charge in [0, 0.05) is 13.1 Å². The maximum atomic E-state index is 12.0. The molecule has 100 valence electrons. The topological polar surface area (TPSA) is 84.2 Å². The molecule has 1 saturated heterocycles. The molecule has 0 aromatic carbocycles. The zero-order chi connectivity index (χ0) is 13.1. The van der Waals surface area contributed by atoms with Crippen LogP contribution in [0.5, 0.6) is 0 Å². The van der Waals surface area contributed by atoms with Gasteiger partial charge in [0.15, 0.2) is 0 Å². The van der Waals surface area contributed by atoms with Gasteiger partial charge in [0.05, 0.1) is 18.8 Å². The number of aromatic amines is 1. The van der Waals surface area contributed by atoms with E-state index >= 15 is 0 Å². The normalized spacial score (nSPS) is 16.3. The van der Waals surface area contributed by atoms with Crippen LogP contribution in [0.3, 0.4) is 0 Å². The Labute approximate surface area is 106 Å². The zero-order valence-corrected chi connectivity index (χ0v) is 10.9. The first-order valence-corrected chi connectivity index (χ1v) is 6.29. The maximum Gasteiger partial charge on any atom is 0.257 e. The fourth-order valence-corrected chi connectivity index (χ4v) is 2.03. The molecule has 6 nitrogen and oxygen atoms in total. The van der Waals surface area contributed by atoms with Crippen LogP contribution in [0.4, 0.5) is 11.8 Å². The molecule has 0 aliphatic carbocycles. The van der Waals surface area contributed by atoms with E-state index in [2.05, 4.69) is 23.8 Å². The number of hydrogen-bond acceptors (Lipinski definition) is 5. The van der Waals surface area contributed by atoms with Gasteiger partial charge < -0.3 is 15.4 Å². The molecule has 0 atom stereocenters. The lowest BCUT2D eigenvalue weighted by Crippen LogP contribution is -2.38. The fraction of sp³-hybridized carbons (Fsp3) is 0.667. The van der Waals surface area contributed by atoms with Gasteiger partial charge in [-0.25, -0.2) is 0 Å². The molecular formula is C12H20N4O2. The number of hydrogen-bond donors (Lipinski definition) is 2. The molecule has 2 rings (SSSR count). The van der Waals surface area contributed by atoms with Crippen LogP contribution in [-0.2, 0) is 11.2 Å². The highest BCUT2D eigenvalue weighted by atomic mass is 16.5. The van der Waals surface area contributed by atoms with Crippen LogP contribution < -0.4 is 16.2 Å². The van der Waals surface area contributed by atoms with E-state index in [1.54, 1.807) is 0 Å². The number of aromatic nitrogens is 2. The Morgan fingerprint density at radius 2 is 2.11 bits per heavy atom. The Hall–Kier alpha value is -1.56. The molecule has 0 saturated carbocycles. The molecule has 0 radical (unpaired) electrons. The minimum atomic E-state index is -0.127. The van der Waals surface area contributed by atoms with Gasteiger partial charge in [-0.15, -0.1) is 0 Å². The Morgan fingerprint density at radius 3 is 2.67 bits per heavy atom. The van der Waals surface area contributed by atoms with Gasteiger partial charge in [0.2, 0.25) is 5.95 Å². The maximum absolute atomic E-state index is 12.0. The molecule has 6 heteroatoms. The summed E-state index contributed by atoms with van der Waals surface area (Å²) < 4.78 is 5.27. The first-order valence-electron chi connectivity index (χ1n) is 6.29. The lowest BCUT2D eigenvalue weighted by molar-refractivity contribution is 0.122. The number of anilines is 2. The van der Waals surface area contributed by atoms with Crippen LogP contribution in [0.2, 0.25) is 0 Å². The van der Waals surface area contributed by atoms with Crippen molar-refractivity contribution in [2.75, 3.05) is 36.9 Å². The average molecular weight is 252 g/mol. The van der Waals surface area contributed by atoms with E-state index in [1.165, 1.54) is 0 Å². The predicted molar refractivity (Wildman–Crippen MR) is 70.8 cm³/mol. The second-order valence-corrected chi connectivity index (χ2v) is 4.95. The largest absolute Gasteiger partial charge is 0.383 e. The summed E-state index contributed by atoms with van der Waals surface area (Å²) in [6.45, 7) is 6.86. The van der Waals surface area contributed by atoms with E-state index in [0.29, 0.717) is 42.9 Å². The summed E-state index contributed by atoms with van der Waals surface area (Å²) in [4.78, 5) is 21.1. The van der Waals surface area contributed by atoms with E-state index in [0.717, 1.165) is 13.1 Å². The standard InChI is InChI=1S/C12H20N4O2/c1-8(2)7-9-10(13)14-12(15-11(9)17)16-3-5-18-6-4-16/h8H,3-7H2,1-2H3,(H3,13,14,15,17). The van der Waals surface area contributed by atoms with Crippen LogP contribution >= 0.6 is 0 Å². The SMILES string of the molecule is CC(C)Cc1c(N)nc(N2CCOCC2)[nH]c1=O. The Bertz CT molecular complexity index is 464. The zero-order valence-electron chi connectivity index (χ0n) is 10.9. The van der Waals surface area contributed by atoms with Gasteiger partial charge in [-0.2, -0.15) is 4.98 Å². The Balaban J connectivity index is 2.27. The number of morpholine rings is 1. The van der Waals surface area contributed by atoms with Crippen molar-refractivity contribution in [3.8, 4) is 0 Å². The third-order valence-corrected chi connectivity index (χ3v) is 2.96. The van der Waals surface area contributed by atoms with Gasteiger partial charge in [-0.1, -0.05) is 13.8 Å². The molecule has 3 N–H and O–H groups in total. The van der Waals surface area contributed by atoms with E-state index in [4.69, 9.17) is 10.5 Å². The van der Waals surface area contributed by atoms with Crippen LogP contribution in [0.1, 0.15) is 19.4 Å². The smallest absolute Gasteiger partial charge is 0.257 e. The van der Waals surface area contributed by atoms with Crippen LogP contribution in [0.15, 0.2) is 4.79 Å². The number of nitrogens with one attached hydrogen (secondary N) is 1. The summed E-state index contributed by atoms with van der Waals surface area (Å²) in [5, 5.41) is 0. The van der Waals surface area contributed by atoms with E-state index in [1.807, 2.05) is 4.90 Å². The lowest BCUT2D eigenvalue weighted by atomic mass is 10.1. The highest BCUT2D eigenvalue weighted by Gasteiger charge is 2.16. The second kappa shape index (κ2) is 5.39. The summed E-state index contributed by atoms with van der Waals surface area (Å²) in [5.74, 6) is 1.27. The minimum absolute atomic E-state index is 0.127. The molecular weight excluding hydrogens is 232 g/mol. The number of rotatable bonds is 3. The lowest BCUT2D eigenvalue weighted by Gasteiger charge is -2.27. The molecule has 18 heavy (non-hydrogen) atoms. The van der Waals surface area contributed by atoms with Crippen molar-refractivity contribution >= 4 is 11.8 Å². The number of nitrogens with zero attached hydrogens (tertiary/aromatic N) is 2. The van der Waals surface area contributed by atoms with E-state index in [9.17, 15) is 4.79 Å². The molecule has 0 spiro atoms. The number of nitrogen functional groups attached to an aromatic ring is 1. The summed E-state index contributed by atoms with van der Waals surface area (Å²) in [7, 11) is 0. The number of nitrogens with two attached hydrogens (primary N) is 1. The van der Waals surface area contributed by atoms with E-state index < -0.39 is 0 Å². The molecule has 0 amide bonds. The molecule has 0 bridgehead atoms. The van der Waals surface area contributed by atoms with Crippen molar-refractivity contribution in [3.63, 3.8) is 0 Å². The quantitative estimate of drug-likeness (QED) is 0.813. The Morgan fingerprint density at radius 1 is 1.44 bits per heavy atom. The molecule has 1 fully saturated rings. The van der Waals surface area contributed by atoms with Crippen molar-refractivity contribution in [2.45, 2.75) is 20.3 Å². The Kier molecular flexibility index (Phi) is 3.86. The van der Waals surface area contributed by atoms with Crippen molar-refractivity contribution in [3.05, 3.63) is 15.9 Å². The molecule has 1 aromatic heterocycles. The van der Waals surface area contributed by atoms with Crippen LogP contribution in [0, 0.1) is 5.92 Å². The van der Waals surface area contributed by atoms with Crippen LogP contribution in [-0.4, -0.2) is 36.3 Å². The predicted octanol–water partition coefficient (Wildman–Crippen LogP) is 0.387. The highest BCUT2D eigenvalue weighted by Crippen LogP contribution is 2.14. The minimum Gasteiger partial charge on any atom is -0.383 e. The van der Waals surface area contributed by atoms with E-state index in [-0.39, 0.29) is 5.56 Å². The van der Waals surface area contributed by atoms with Crippen molar-refractivity contribution in [1.82, 2.24) is 9.97 Å². The van der Waals surface area contributed by atoms with Crippen molar-refractivity contribution in [2.24, 2.45) is 5.92 Å². The summed E-state index contributed by atoms with van der Waals surface area (Å²) in [6, 6.07) is 0. The van der Waals surface area contributed by atoms with Gasteiger partial charge in [-0.05, 0) is 12.3 Å². The van der Waals surface area contributed by atoms with Crippen LogP contribution in [0.25, 0.3) is 0 Å². The van der Waals surface area contributed by atoms with Gasteiger partial charge in [0.1, 0.15) is 5.82 Å². The first kappa shape index (κ1) is 12.9. The first-order chi connectivity index (χ1) is 8.58. The van der Waals surface area contributed by atoms with Gasteiger partial charge in [0.25, 0.3) is 5.56 Å². The monoisotopic (exact) mass is 252 g/mol. The summed E-state index contributed by atoms with van der Waals surface area (Å²) >= 11 is 0. The average Bonchev–Trinajstić information content (AvgIpc) is 2.34. The van der Waals surface area contributed by atoms with Gasteiger partial charge in [-0.3, -0.25) is 9.78 Å². The fourth-order valence-electron chi connectivity index (χ4n) is 2.03. The molecule has 1 aromatic rings. The molecule has 0 unspecified atom stereocenters. The second-order valence-electron chi connectivity index (χ2n) is 4.95. The summed E-state index contributed by atoms with van der Waals surface area (Å²) in [5.41, 5.74) is 6.35. The third kappa shape index (κ3) is 2.81. The molecule has 2 heterocycles. The molecule has 1 aliphatic heterocycles. The number of ether oxygens (including phenoxy) is 1.